The van der Waals surface area contributed by atoms with Crippen LogP contribution in [0.25, 0.3) is 0 Å². The Labute approximate surface area is 116 Å². The lowest BCUT2D eigenvalue weighted by Gasteiger charge is -2.08. The Balaban J connectivity index is 2.16. The molecule has 0 aliphatic rings. The summed E-state index contributed by atoms with van der Waals surface area (Å²) in [5.74, 6) is -0.376. The predicted molar refractivity (Wildman–Crippen MR) is 77.3 cm³/mol. The molecule has 1 N–H and O–H groups in total. The van der Waals surface area contributed by atoms with Crippen LogP contribution in [0.4, 0.5) is 5.69 Å². The van der Waals surface area contributed by atoms with E-state index in [4.69, 9.17) is 12.2 Å². The number of anilines is 1. The van der Waals surface area contributed by atoms with Crippen molar-refractivity contribution in [3.63, 3.8) is 0 Å². The topological polar surface area (TPSA) is 51.2 Å². The highest BCUT2D eigenvalue weighted by atomic mass is 32.1. The first-order chi connectivity index (χ1) is 9.20. The second-order valence-corrected chi connectivity index (χ2v) is 4.17. The van der Waals surface area contributed by atoms with E-state index in [2.05, 4.69) is 15.0 Å². The number of nitrogens with zero attached hydrogens (tertiary/aromatic N) is 1. The van der Waals surface area contributed by atoms with Crippen LogP contribution in [0.5, 0.6) is 0 Å². The van der Waals surface area contributed by atoms with E-state index in [1.807, 2.05) is 18.2 Å². The average molecular weight is 272 g/mol. The van der Waals surface area contributed by atoms with Crippen LogP contribution in [-0.4, -0.2) is 23.1 Å². The predicted octanol–water partition coefficient (Wildman–Crippen LogP) is 2.66. The van der Waals surface area contributed by atoms with Gasteiger partial charge in [-0.1, -0.05) is 18.3 Å². The van der Waals surface area contributed by atoms with Crippen molar-refractivity contribution in [3.8, 4) is 0 Å². The van der Waals surface area contributed by atoms with Crippen LogP contribution in [0, 0.1) is 0 Å². The van der Waals surface area contributed by atoms with Crippen LogP contribution in [-0.2, 0) is 4.74 Å². The third kappa shape index (κ3) is 3.35. The van der Waals surface area contributed by atoms with E-state index in [0.29, 0.717) is 10.6 Å². The summed E-state index contributed by atoms with van der Waals surface area (Å²) in [6, 6.07) is 10.6. The molecule has 0 aliphatic carbocycles. The molecule has 0 radical (unpaired) electrons. The van der Waals surface area contributed by atoms with E-state index in [9.17, 15) is 4.79 Å². The van der Waals surface area contributed by atoms with Crippen molar-refractivity contribution in [1.82, 2.24) is 4.98 Å². The summed E-state index contributed by atoms with van der Waals surface area (Å²) >= 11 is 5.28. The Morgan fingerprint density at radius 3 is 2.63 bits per heavy atom. The number of pyridine rings is 1. The standard InChI is InChI=1S/C14H12N2O2S/c1-18-14(17)11-3-2-4-12(9-11)16-13(19)10-5-7-15-8-6-10/h2-9H,1H3,(H,16,19). The molecule has 5 heteroatoms. The van der Waals surface area contributed by atoms with Crippen molar-refractivity contribution in [1.29, 1.82) is 0 Å². The number of carbonyl (C=O) groups is 1. The van der Waals surface area contributed by atoms with Crippen molar-refractivity contribution in [2.45, 2.75) is 0 Å². The number of nitrogens with one attached hydrogen (secondary N) is 1. The minimum Gasteiger partial charge on any atom is -0.465 e. The fourth-order valence-electron chi connectivity index (χ4n) is 1.55. The molecule has 19 heavy (non-hydrogen) atoms. The number of aromatic nitrogens is 1. The Morgan fingerprint density at radius 1 is 1.21 bits per heavy atom. The van der Waals surface area contributed by atoms with Crippen LogP contribution < -0.4 is 5.32 Å². The number of hydrogen-bond donors (Lipinski definition) is 1. The zero-order valence-corrected chi connectivity index (χ0v) is 11.1. The Kier molecular flexibility index (Phi) is 4.20. The van der Waals surface area contributed by atoms with Crippen LogP contribution in [0.15, 0.2) is 48.8 Å². The molecule has 4 nitrogen and oxygen atoms in total. The monoisotopic (exact) mass is 272 g/mol. The largest absolute Gasteiger partial charge is 0.465 e. The van der Waals surface area contributed by atoms with Gasteiger partial charge in [0.2, 0.25) is 0 Å². The van der Waals surface area contributed by atoms with Gasteiger partial charge in [0.25, 0.3) is 0 Å². The lowest BCUT2D eigenvalue weighted by atomic mass is 10.2. The third-order valence-corrected chi connectivity index (χ3v) is 2.82. The Morgan fingerprint density at radius 2 is 1.95 bits per heavy atom. The van der Waals surface area contributed by atoms with Crippen molar-refractivity contribution in [2.24, 2.45) is 0 Å². The second-order valence-electron chi connectivity index (χ2n) is 3.76. The van der Waals surface area contributed by atoms with Gasteiger partial charge in [0.15, 0.2) is 0 Å². The molecule has 0 atom stereocenters. The van der Waals surface area contributed by atoms with Gasteiger partial charge >= 0.3 is 5.97 Å². The zero-order valence-electron chi connectivity index (χ0n) is 10.3. The minimum atomic E-state index is -0.376. The molecule has 0 aliphatic heterocycles. The maximum Gasteiger partial charge on any atom is 0.337 e. The fraction of sp³-hybridized carbons (Fsp3) is 0.0714. The molecule has 2 rings (SSSR count). The summed E-state index contributed by atoms with van der Waals surface area (Å²) in [6.07, 6.45) is 3.35. The lowest BCUT2D eigenvalue weighted by Crippen LogP contribution is -2.11. The van der Waals surface area contributed by atoms with Gasteiger partial charge < -0.3 is 10.1 Å². The number of rotatable bonds is 3. The van der Waals surface area contributed by atoms with Gasteiger partial charge in [-0.25, -0.2) is 4.79 Å². The summed E-state index contributed by atoms with van der Waals surface area (Å²) < 4.78 is 4.67. The third-order valence-electron chi connectivity index (χ3n) is 2.48. The normalized spacial score (nSPS) is 9.74. The maximum atomic E-state index is 11.4. The quantitative estimate of drug-likeness (QED) is 0.687. The van der Waals surface area contributed by atoms with Gasteiger partial charge in [0.1, 0.15) is 4.99 Å². The molecular weight excluding hydrogens is 260 g/mol. The van der Waals surface area contributed by atoms with E-state index < -0.39 is 0 Å². The molecule has 96 valence electrons. The molecule has 0 unspecified atom stereocenters. The summed E-state index contributed by atoms with van der Waals surface area (Å²) in [7, 11) is 1.35. The van der Waals surface area contributed by atoms with Crippen molar-refractivity contribution < 1.29 is 9.53 Å². The van der Waals surface area contributed by atoms with E-state index in [1.54, 1.807) is 30.6 Å². The smallest absolute Gasteiger partial charge is 0.337 e. The molecule has 0 fully saturated rings. The van der Waals surface area contributed by atoms with Crippen LogP contribution in [0.3, 0.4) is 0 Å². The van der Waals surface area contributed by atoms with Gasteiger partial charge in [-0.05, 0) is 30.3 Å². The number of carbonyl (C=O) groups excluding carboxylic acids is 1. The number of thiocarbonyl (C=S) groups is 1. The molecule has 0 spiro atoms. The fourth-order valence-corrected chi connectivity index (χ4v) is 1.80. The van der Waals surface area contributed by atoms with E-state index in [0.717, 1.165) is 11.3 Å². The number of ether oxygens (including phenoxy) is 1. The highest BCUT2D eigenvalue weighted by molar-refractivity contribution is 7.81. The molecule has 1 aromatic carbocycles. The van der Waals surface area contributed by atoms with Gasteiger partial charge in [-0.3, -0.25) is 4.98 Å². The number of methoxy groups -OCH3 is 1. The summed E-state index contributed by atoms with van der Waals surface area (Å²) in [4.78, 5) is 15.9. The Bertz CT molecular complexity index is 599. The van der Waals surface area contributed by atoms with Crippen molar-refractivity contribution >= 4 is 28.9 Å². The second kappa shape index (κ2) is 6.06. The maximum absolute atomic E-state index is 11.4. The molecule has 0 bridgehead atoms. The number of benzene rings is 1. The van der Waals surface area contributed by atoms with Crippen molar-refractivity contribution in [3.05, 3.63) is 59.9 Å². The van der Waals surface area contributed by atoms with Crippen LogP contribution in [0.1, 0.15) is 15.9 Å². The molecule has 2 aromatic rings. The van der Waals surface area contributed by atoms with E-state index in [1.165, 1.54) is 7.11 Å². The van der Waals surface area contributed by atoms with Gasteiger partial charge in [0.05, 0.1) is 12.7 Å². The molecule has 1 aromatic heterocycles. The zero-order chi connectivity index (χ0) is 13.7. The molecular formula is C14H12N2O2S. The number of esters is 1. The van der Waals surface area contributed by atoms with E-state index >= 15 is 0 Å². The van der Waals surface area contributed by atoms with Crippen LogP contribution >= 0.6 is 12.2 Å². The number of hydrogen-bond acceptors (Lipinski definition) is 4. The van der Waals surface area contributed by atoms with Gasteiger partial charge in [-0.2, -0.15) is 0 Å². The van der Waals surface area contributed by atoms with Crippen molar-refractivity contribution in [2.75, 3.05) is 12.4 Å². The van der Waals surface area contributed by atoms with E-state index in [-0.39, 0.29) is 5.97 Å². The molecule has 1 heterocycles. The first-order valence-electron chi connectivity index (χ1n) is 5.60. The summed E-state index contributed by atoms with van der Waals surface area (Å²) in [6.45, 7) is 0. The average Bonchev–Trinajstić information content (AvgIpc) is 2.47. The minimum absolute atomic E-state index is 0.376. The lowest BCUT2D eigenvalue weighted by molar-refractivity contribution is 0.0601. The molecule has 0 saturated heterocycles. The van der Waals surface area contributed by atoms with Gasteiger partial charge in [-0.15, -0.1) is 0 Å². The first kappa shape index (κ1) is 13.2. The first-order valence-corrected chi connectivity index (χ1v) is 6.01. The highest BCUT2D eigenvalue weighted by Gasteiger charge is 2.07. The SMILES string of the molecule is COC(=O)c1cccc(NC(=S)c2ccncc2)c1. The summed E-state index contributed by atoms with van der Waals surface area (Å²) in [5, 5.41) is 3.07. The Hall–Kier alpha value is -2.27. The highest BCUT2D eigenvalue weighted by Crippen LogP contribution is 2.13. The summed E-state index contributed by atoms with van der Waals surface area (Å²) in [5.41, 5.74) is 2.09. The van der Waals surface area contributed by atoms with Gasteiger partial charge in [0, 0.05) is 23.6 Å². The van der Waals surface area contributed by atoms with Crippen LogP contribution in [0.2, 0.25) is 0 Å². The molecule has 0 amide bonds. The molecule has 0 saturated carbocycles.